The van der Waals surface area contributed by atoms with Crippen molar-refractivity contribution in [3.63, 3.8) is 0 Å². The number of aromatic nitrogens is 2. The summed E-state index contributed by atoms with van der Waals surface area (Å²) in [5, 5.41) is 35.9. The van der Waals surface area contributed by atoms with Crippen LogP contribution in [0.3, 0.4) is 0 Å². The molecule has 1 aliphatic rings. The van der Waals surface area contributed by atoms with Gasteiger partial charge in [0.1, 0.15) is 17.7 Å². The molecule has 3 rings (SSSR count). The van der Waals surface area contributed by atoms with Crippen molar-refractivity contribution in [2.75, 3.05) is 29.5 Å². The number of aliphatic hydroxyl groups excluding tert-OH is 2. The molecule has 3 atom stereocenters. The maximum Gasteiger partial charge on any atom is 0.402 e. The van der Waals surface area contributed by atoms with Crippen LogP contribution in [0.15, 0.2) is 32.7 Å². The van der Waals surface area contributed by atoms with Crippen molar-refractivity contribution in [1.29, 1.82) is 0 Å². The van der Waals surface area contributed by atoms with Gasteiger partial charge in [-0.05, 0) is 54.2 Å². The molecule has 1 saturated carbocycles. The molecule has 1 fully saturated rings. The fraction of sp³-hybridized carbons (Fsp3) is 0.625. The van der Waals surface area contributed by atoms with Crippen LogP contribution in [0, 0.1) is 5.92 Å². The lowest BCUT2D eigenvalue weighted by Gasteiger charge is -2.34. The summed E-state index contributed by atoms with van der Waals surface area (Å²) in [7, 11) is -4.64. The number of aliphatic hydroxyl groups is 2. The summed E-state index contributed by atoms with van der Waals surface area (Å²) in [6.45, 7) is -0.531. The highest BCUT2D eigenvalue weighted by molar-refractivity contribution is 7.99. The highest BCUT2D eigenvalue weighted by Crippen LogP contribution is 2.31. The van der Waals surface area contributed by atoms with E-state index in [1.807, 2.05) is 0 Å². The molecular formula is C24H33F5N6O6S2. The first kappa shape index (κ1) is 34.7. The number of thioether (sulfide) groups is 1. The zero-order chi connectivity index (χ0) is 31.8. The van der Waals surface area contributed by atoms with Crippen LogP contribution in [-0.2, 0) is 10.0 Å². The Balaban J connectivity index is 1.85. The van der Waals surface area contributed by atoms with E-state index in [1.165, 1.54) is 23.8 Å². The van der Waals surface area contributed by atoms with Crippen LogP contribution in [0.2, 0.25) is 0 Å². The highest BCUT2D eigenvalue weighted by Gasteiger charge is 2.34. The Bertz CT molecular complexity index is 1310. The van der Waals surface area contributed by atoms with E-state index in [2.05, 4.69) is 30.9 Å². The number of nitrogens with one attached hydrogen (secondary N) is 4. The predicted molar refractivity (Wildman–Crippen MR) is 146 cm³/mol. The van der Waals surface area contributed by atoms with Gasteiger partial charge < -0.3 is 26.2 Å². The topological polar surface area (TPSA) is 179 Å². The van der Waals surface area contributed by atoms with Crippen LogP contribution >= 0.6 is 11.8 Å². The molecule has 2 aromatic rings. The molecule has 6 N–H and O–H groups in total. The zero-order valence-corrected chi connectivity index (χ0v) is 24.5. The summed E-state index contributed by atoms with van der Waals surface area (Å²) < 4.78 is 94.7. The van der Waals surface area contributed by atoms with Gasteiger partial charge in [0.2, 0.25) is 22.1 Å². The number of nitrogens with zero attached hydrogens (tertiary/aromatic N) is 2. The van der Waals surface area contributed by atoms with Crippen LogP contribution in [-0.4, -0.2) is 84.7 Å². The van der Waals surface area contributed by atoms with Gasteiger partial charge in [0.25, 0.3) is 5.91 Å². The Hall–Kier alpha value is -2.74. The number of halogens is 5. The van der Waals surface area contributed by atoms with Gasteiger partial charge in [0.05, 0.1) is 23.6 Å². The Morgan fingerprint density at radius 1 is 1.16 bits per heavy atom. The number of hydrogen-bond acceptors (Lipinski definition) is 11. The standard InChI is InChI=1S/C24H33F5N6O6S2/c1-13(36)10-30-16-9-15(7-8-17(16)43(39,40)31-12-24(27,28)29)32-21(37)19(14-5-3-2-4-6-14)33-22(38)20-23(35-41-34-20)42-11-18(25)26/h7-9,13-14,18-19,21,30-32,36-37H,2-6,10-12H2,1H3,(H,33,38)/t13-,19-,21-/m0/s1. The fourth-order valence-electron chi connectivity index (χ4n) is 4.49. The summed E-state index contributed by atoms with van der Waals surface area (Å²) in [6, 6.07) is 2.55. The number of anilines is 2. The third-order valence-electron chi connectivity index (χ3n) is 6.45. The van der Waals surface area contributed by atoms with E-state index in [1.54, 1.807) is 0 Å². The zero-order valence-electron chi connectivity index (χ0n) is 22.9. The van der Waals surface area contributed by atoms with Crippen LogP contribution < -0.4 is 20.7 Å². The van der Waals surface area contributed by atoms with Crippen molar-refractivity contribution in [2.45, 2.75) is 79.9 Å². The molecule has 0 aliphatic heterocycles. The van der Waals surface area contributed by atoms with Crippen molar-refractivity contribution < 1.29 is 50.0 Å². The first-order valence-electron chi connectivity index (χ1n) is 13.3. The largest absolute Gasteiger partial charge is 0.402 e. The molecule has 0 spiro atoms. The molecule has 1 aliphatic carbocycles. The van der Waals surface area contributed by atoms with E-state index in [4.69, 9.17) is 0 Å². The van der Waals surface area contributed by atoms with Gasteiger partial charge in [0.15, 0.2) is 5.03 Å². The Kier molecular flexibility index (Phi) is 12.4. The highest BCUT2D eigenvalue weighted by atomic mass is 32.2. The van der Waals surface area contributed by atoms with Crippen molar-refractivity contribution >= 4 is 39.1 Å². The number of hydrogen-bond donors (Lipinski definition) is 6. The van der Waals surface area contributed by atoms with E-state index in [0.717, 1.165) is 25.3 Å². The Morgan fingerprint density at radius 2 is 1.86 bits per heavy atom. The second-order valence-electron chi connectivity index (χ2n) is 9.99. The predicted octanol–water partition coefficient (Wildman–Crippen LogP) is 3.17. The van der Waals surface area contributed by atoms with Gasteiger partial charge >= 0.3 is 6.18 Å². The average Bonchev–Trinajstić information content (AvgIpc) is 3.41. The Labute approximate surface area is 248 Å². The third kappa shape index (κ3) is 10.7. The normalized spacial score (nSPS) is 17.0. The number of carbonyl (C=O) groups excluding carboxylic acids is 1. The first-order chi connectivity index (χ1) is 20.2. The summed E-state index contributed by atoms with van der Waals surface area (Å²) in [5.74, 6) is -1.67. The minimum atomic E-state index is -4.80. The maximum absolute atomic E-state index is 13.1. The molecule has 43 heavy (non-hydrogen) atoms. The minimum Gasteiger partial charge on any atom is -0.392 e. The monoisotopic (exact) mass is 660 g/mol. The molecule has 0 unspecified atom stereocenters. The number of rotatable bonds is 15. The van der Waals surface area contributed by atoms with Crippen molar-refractivity contribution in [1.82, 2.24) is 20.4 Å². The summed E-state index contributed by atoms with van der Waals surface area (Å²) >= 11 is 0.582. The fourth-order valence-corrected chi connectivity index (χ4v) is 6.30. The number of amides is 1. The van der Waals surface area contributed by atoms with Gasteiger partial charge in [-0.1, -0.05) is 31.0 Å². The third-order valence-corrected chi connectivity index (χ3v) is 8.87. The van der Waals surface area contributed by atoms with Gasteiger partial charge in [-0.25, -0.2) is 26.5 Å². The number of alkyl halides is 5. The Morgan fingerprint density at radius 3 is 2.49 bits per heavy atom. The first-order valence-corrected chi connectivity index (χ1v) is 15.7. The summed E-state index contributed by atoms with van der Waals surface area (Å²) in [6.07, 6.45) is -5.95. The second-order valence-corrected chi connectivity index (χ2v) is 12.7. The van der Waals surface area contributed by atoms with E-state index in [-0.39, 0.29) is 34.6 Å². The van der Waals surface area contributed by atoms with E-state index in [9.17, 15) is 45.4 Å². The lowest BCUT2D eigenvalue weighted by Crippen LogP contribution is -2.51. The van der Waals surface area contributed by atoms with Crippen LogP contribution in [0.5, 0.6) is 0 Å². The average molecular weight is 661 g/mol. The van der Waals surface area contributed by atoms with Gasteiger partial charge in [-0.2, -0.15) is 13.2 Å². The number of carbonyl (C=O) groups is 1. The molecule has 0 saturated heterocycles. The lowest BCUT2D eigenvalue weighted by atomic mass is 9.83. The molecule has 1 aromatic heterocycles. The van der Waals surface area contributed by atoms with Crippen molar-refractivity contribution in [2.24, 2.45) is 5.92 Å². The van der Waals surface area contributed by atoms with Crippen LogP contribution in [0.1, 0.15) is 49.5 Å². The molecule has 1 aromatic carbocycles. The van der Waals surface area contributed by atoms with E-state index in [0.29, 0.717) is 24.6 Å². The molecule has 1 amide bonds. The SMILES string of the molecule is C[C@H](O)CNc1cc(N[C@@H](O)[C@@H](NC(=O)c2nonc2SCC(F)F)C2CCCCC2)ccc1S(=O)(=O)NCC(F)(F)F. The molecule has 12 nitrogen and oxygen atoms in total. The molecule has 0 radical (unpaired) electrons. The van der Waals surface area contributed by atoms with E-state index < -0.39 is 64.1 Å². The molecule has 19 heteroatoms. The molecule has 242 valence electrons. The van der Waals surface area contributed by atoms with Gasteiger partial charge in [-0.3, -0.25) is 4.79 Å². The van der Waals surface area contributed by atoms with Gasteiger partial charge in [0, 0.05) is 12.2 Å². The van der Waals surface area contributed by atoms with Crippen LogP contribution in [0.25, 0.3) is 0 Å². The molecular weight excluding hydrogens is 627 g/mol. The van der Waals surface area contributed by atoms with Crippen LogP contribution in [0.4, 0.5) is 33.3 Å². The summed E-state index contributed by atoms with van der Waals surface area (Å²) in [4.78, 5) is 12.5. The van der Waals surface area contributed by atoms with E-state index >= 15 is 0 Å². The quantitative estimate of drug-likeness (QED) is 0.0939. The van der Waals surface area contributed by atoms with Crippen molar-refractivity contribution in [3.8, 4) is 0 Å². The van der Waals surface area contributed by atoms with Gasteiger partial charge in [-0.15, -0.1) is 0 Å². The van der Waals surface area contributed by atoms with Crippen molar-refractivity contribution in [3.05, 3.63) is 23.9 Å². The smallest absolute Gasteiger partial charge is 0.392 e. The molecule has 0 bridgehead atoms. The summed E-state index contributed by atoms with van der Waals surface area (Å²) in [5.41, 5.74) is -0.341. The molecule has 1 heterocycles. The maximum atomic E-state index is 13.1. The number of benzene rings is 1. The lowest BCUT2D eigenvalue weighted by molar-refractivity contribution is -0.121. The minimum absolute atomic E-state index is 0.140. The second kappa shape index (κ2) is 15.3. The number of sulfonamides is 1.